The Hall–Kier alpha value is -1.85. The smallest absolute Gasteiger partial charge is 0.317 e. The summed E-state index contributed by atoms with van der Waals surface area (Å²) >= 11 is 5.86. The summed E-state index contributed by atoms with van der Waals surface area (Å²) in [4.78, 5) is 12.7. The number of carbonyl (C=O) groups is 1. The first-order chi connectivity index (χ1) is 9.95. The molecule has 2 aromatic rings. The normalized spacial score (nSPS) is 11.3. The minimum absolute atomic E-state index is 0.00543. The Morgan fingerprint density at radius 2 is 2.00 bits per heavy atom. The predicted octanol–water partition coefficient (Wildman–Crippen LogP) is 2.82. The van der Waals surface area contributed by atoms with Gasteiger partial charge in [-0.15, -0.1) is 0 Å². The number of carboxylic acids is 1. The van der Waals surface area contributed by atoms with Crippen LogP contribution in [0.5, 0.6) is 0 Å². The fraction of sp³-hybridized carbons (Fsp3) is 0.333. The number of hydrogen-bond donors (Lipinski definition) is 1. The SMILES string of the molecule is CC(C)N(CC(=O)O)Cc1ccn(-c2ccc(Cl)cc2)n1. The van der Waals surface area contributed by atoms with Crippen molar-refractivity contribution in [3.05, 3.63) is 47.2 Å². The van der Waals surface area contributed by atoms with Gasteiger partial charge in [0.05, 0.1) is 17.9 Å². The maximum Gasteiger partial charge on any atom is 0.317 e. The largest absolute Gasteiger partial charge is 0.480 e. The molecule has 0 fully saturated rings. The predicted molar refractivity (Wildman–Crippen MR) is 81.8 cm³/mol. The molecule has 1 aromatic heterocycles. The zero-order chi connectivity index (χ0) is 15.4. The van der Waals surface area contributed by atoms with Gasteiger partial charge < -0.3 is 5.11 Å². The quantitative estimate of drug-likeness (QED) is 0.891. The van der Waals surface area contributed by atoms with E-state index < -0.39 is 5.97 Å². The lowest BCUT2D eigenvalue weighted by atomic mass is 10.3. The van der Waals surface area contributed by atoms with E-state index in [1.165, 1.54) is 0 Å². The molecular weight excluding hydrogens is 290 g/mol. The third-order valence-electron chi connectivity index (χ3n) is 3.17. The fourth-order valence-electron chi connectivity index (χ4n) is 1.99. The molecule has 5 nitrogen and oxygen atoms in total. The second-order valence-electron chi connectivity index (χ2n) is 5.12. The second kappa shape index (κ2) is 6.74. The van der Waals surface area contributed by atoms with E-state index in [1.54, 1.807) is 4.68 Å². The van der Waals surface area contributed by atoms with Crippen LogP contribution in [0.4, 0.5) is 0 Å². The second-order valence-corrected chi connectivity index (χ2v) is 5.56. The van der Waals surface area contributed by atoms with Crippen molar-refractivity contribution in [2.45, 2.75) is 26.4 Å². The Kier molecular flexibility index (Phi) is 4.98. The molecule has 0 aliphatic carbocycles. The van der Waals surface area contributed by atoms with Crippen LogP contribution in [0.25, 0.3) is 5.69 Å². The van der Waals surface area contributed by atoms with Gasteiger partial charge in [0, 0.05) is 23.8 Å². The van der Waals surface area contributed by atoms with Gasteiger partial charge in [0.1, 0.15) is 0 Å². The topological polar surface area (TPSA) is 58.4 Å². The highest BCUT2D eigenvalue weighted by atomic mass is 35.5. The Balaban J connectivity index is 2.11. The fourth-order valence-corrected chi connectivity index (χ4v) is 2.11. The van der Waals surface area contributed by atoms with E-state index in [0.717, 1.165) is 11.4 Å². The van der Waals surface area contributed by atoms with Crippen LogP contribution in [0, 0.1) is 0 Å². The molecule has 1 aromatic carbocycles. The van der Waals surface area contributed by atoms with E-state index in [0.29, 0.717) is 11.6 Å². The summed E-state index contributed by atoms with van der Waals surface area (Å²) in [6.07, 6.45) is 1.86. The summed E-state index contributed by atoms with van der Waals surface area (Å²) in [7, 11) is 0. The van der Waals surface area contributed by atoms with Crippen LogP contribution >= 0.6 is 11.6 Å². The van der Waals surface area contributed by atoms with Crippen molar-refractivity contribution in [3.8, 4) is 5.69 Å². The monoisotopic (exact) mass is 307 g/mol. The average Bonchev–Trinajstić information content (AvgIpc) is 2.87. The third kappa shape index (κ3) is 4.31. The molecule has 2 rings (SSSR count). The minimum Gasteiger partial charge on any atom is -0.480 e. The molecule has 0 radical (unpaired) electrons. The summed E-state index contributed by atoms with van der Waals surface area (Å²) in [6, 6.07) is 9.42. The number of nitrogens with zero attached hydrogens (tertiary/aromatic N) is 3. The first kappa shape index (κ1) is 15.5. The van der Waals surface area contributed by atoms with E-state index in [-0.39, 0.29) is 12.6 Å². The molecular formula is C15H18ClN3O2. The Morgan fingerprint density at radius 3 is 2.57 bits per heavy atom. The molecule has 6 heteroatoms. The van der Waals surface area contributed by atoms with Gasteiger partial charge in [0.15, 0.2) is 0 Å². The highest BCUT2D eigenvalue weighted by Crippen LogP contribution is 2.14. The molecule has 0 atom stereocenters. The molecule has 0 aliphatic heterocycles. The molecule has 112 valence electrons. The van der Waals surface area contributed by atoms with Crippen molar-refractivity contribution in [2.75, 3.05) is 6.54 Å². The molecule has 21 heavy (non-hydrogen) atoms. The Morgan fingerprint density at radius 1 is 1.33 bits per heavy atom. The summed E-state index contributed by atoms with van der Waals surface area (Å²) in [6.45, 7) is 4.45. The van der Waals surface area contributed by atoms with Crippen LogP contribution in [-0.4, -0.2) is 38.3 Å². The number of aliphatic carboxylic acids is 1. The van der Waals surface area contributed by atoms with Gasteiger partial charge in [-0.25, -0.2) is 4.68 Å². The zero-order valence-corrected chi connectivity index (χ0v) is 12.8. The van der Waals surface area contributed by atoms with E-state index in [4.69, 9.17) is 16.7 Å². The summed E-state index contributed by atoms with van der Waals surface area (Å²) in [5.74, 6) is -0.833. The highest BCUT2D eigenvalue weighted by molar-refractivity contribution is 6.30. The number of rotatable bonds is 6. The number of carboxylic acid groups (broad SMARTS) is 1. The maximum atomic E-state index is 10.9. The molecule has 1 heterocycles. The lowest BCUT2D eigenvalue weighted by Gasteiger charge is -2.23. The molecule has 1 N–H and O–H groups in total. The van der Waals surface area contributed by atoms with E-state index in [2.05, 4.69) is 5.10 Å². The van der Waals surface area contributed by atoms with Gasteiger partial charge in [-0.1, -0.05) is 11.6 Å². The van der Waals surface area contributed by atoms with E-state index in [1.807, 2.05) is 55.3 Å². The standard InChI is InChI=1S/C15H18ClN3O2/c1-11(2)18(10-15(20)21)9-13-7-8-19(17-13)14-5-3-12(16)4-6-14/h3-8,11H,9-10H2,1-2H3,(H,20,21). The molecule has 0 aliphatic rings. The number of benzene rings is 1. The van der Waals surface area contributed by atoms with Crippen molar-refractivity contribution in [1.29, 1.82) is 0 Å². The van der Waals surface area contributed by atoms with Gasteiger partial charge in [-0.2, -0.15) is 5.10 Å². The average molecular weight is 308 g/mol. The van der Waals surface area contributed by atoms with Crippen LogP contribution in [0.3, 0.4) is 0 Å². The van der Waals surface area contributed by atoms with Crippen molar-refractivity contribution < 1.29 is 9.90 Å². The van der Waals surface area contributed by atoms with Crippen molar-refractivity contribution in [1.82, 2.24) is 14.7 Å². The lowest BCUT2D eigenvalue weighted by molar-refractivity contribution is -0.139. The van der Waals surface area contributed by atoms with E-state index >= 15 is 0 Å². The minimum atomic E-state index is -0.833. The van der Waals surface area contributed by atoms with Crippen LogP contribution in [0.2, 0.25) is 5.02 Å². The molecule has 0 saturated heterocycles. The Bertz CT molecular complexity index is 608. The highest BCUT2D eigenvalue weighted by Gasteiger charge is 2.15. The van der Waals surface area contributed by atoms with Crippen LogP contribution < -0.4 is 0 Å². The van der Waals surface area contributed by atoms with Gasteiger partial charge >= 0.3 is 5.97 Å². The first-order valence-electron chi connectivity index (χ1n) is 6.72. The van der Waals surface area contributed by atoms with Crippen LogP contribution in [0.1, 0.15) is 19.5 Å². The van der Waals surface area contributed by atoms with Gasteiger partial charge in [-0.3, -0.25) is 9.69 Å². The first-order valence-corrected chi connectivity index (χ1v) is 7.10. The number of hydrogen-bond acceptors (Lipinski definition) is 3. The molecule has 0 saturated carbocycles. The van der Waals surface area contributed by atoms with Gasteiger partial charge in [0.2, 0.25) is 0 Å². The van der Waals surface area contributed by atoms with Crippen molar-refractivity contribution in [3.63, 3.8) is 0 Å². The Labute approximate surface area is 128 Å². The molecule has 0 amide bonds. The van der Waals surface area contributed by atoms with Crippen LogP contribution in [-0.2, 0) is 11.3 Å². The summed E-state index contributed by atoms with van der Waals surface area (Å²) in [5.41, 5.74) is 1.75. The molecule has 0 bridgehead atoms. The number of halogens is 1. The molecule has 0 unspecified atom stereocenters. The summed E-state index contributed by atoms with van der Waals surface area (Å²) < 4.78 is 1.75. The van der Waals surface area contributed by atoms with Crippen LogP contribution in [0.15, 0.2) is 36.5 Å². The lowest BCUT2D eigenvalue weighted by Crippen LogP contribution is -2.35. The van der Waals surface area contributed by atoms with Gasteiger partial charge in [0.25, 0.3) is 0 Å². The van der Waals surface area contributed by atoms with Gasteiger partial charge in [-0.05, 0) is 44.2 Å². The van der Waals surface area contributed by atoms with Crippen molar-refractivity contribution >= 4 is 17.6 Å². The van der Waals surface area contributed by atoms with Crippen molar-refractivity contribution in [2.24, 2.45) is 0 Å². The third-order valence-corrected chi connectivity index (χ3v) is 3.42. The molecule has 0 spiro atoms. The zero-order valence-electron chi connectivity index (χ0n) is 12.0. The maximum absolute atomic E-state index is 10.9. The number of aromatic nitrogens is 2. The summed E-state index contributed by atoms with van der Waals surface area (Å²) in [5, 5.41) is 14.1. The van der Waals surface area contributed by atoms with E-state index in [9.17, 15) is 4.79 Å².